The number of hydrogen-bond acceptors (Lipinski definition) is 4. The molecule has 1 heterocycles. The molecular weight excluding hydrogens is 446 g/mol. The molecule has 1 saturated carbocycles. The fourth-order valence-electron chi connectivity index (χ4n) is 4.65. The first-order valence-electron chi connectivity index (χ1n) is 12.2. The molecule has 34 heavy (non-hydrogen) atoms. The Balaban J connectivity index is 1.36. The first-order chi connectivity index (χ1) is 16.6. The lowest BCUT2D eigenvalue weighted by atomic mass is 9.84. The van der Waals surface area contributed by atoms with Crippen LogP contribution in [0.5, 0.6) is 0 Å². The van der Waals surface area contributed by atoms with E-state index >= 15 is 0 Å². The van der Waals surface area contributed by atoms with Crippen LogP contribution in [0.1, 0.15) is 50.5 Å². The molecule has 0 aromatic heterocycles. The molecule has 7 heteroatoms. The van der Waals surface area contributed by atoms with Crippen molar-refractivity contribution >= 4 is 29.5 Å². The normalized spacial score (nSPS) is 21.1. The summed E-state index contributed by atoms with van der Waals surface area (Å²) in [5, 5.41) is 8.55. The number of carbonyl (C=O) groups is 3. The maximum absolute atomic E-state index is 13.3. The molecule has 3 amide bonds. The van der Waals surface area contributed by atoms with Crippen molar-refractivity contribution in [2.45, 2.75) is 73.7 Å². The molecule has 0 spiro atoms. The van der Waals surface area contributed by atoms with Crippen molar-refractivity contribution in [3.8, 4) is 0 Å². The van der Waals surface area contributed by atoms with E-state index in [0.717, 1.165) is 23.3 Å². The number of benzene rings is 2. The van der Waals surface area contributed by atoms with E-state index in [-0.39, 0.29) is 23.1 Å². The van der Waals surface area contributed by atoms with E-state index in [1.165, 1.54) is 31.0 Å². The first kappa shape index (κ1) is 24.3. The smallest absolute Gasteiger partial charge is 0.246 e. The molecule has 4 rings (SSSR count). The first-order valence-corrected chi connectivity index (χ1v) is 13.1. The SMILES string of the molecule is O=C(CCc1ccccc1)N[C@@H](CC1CCCCC1)C(=O)N[C@H]1C(=O)N[C@@H]1Sc1ccccc1. The molecular formula is C27H33N3O3S. The number of rotatable bonds is 10. The molecule has 0 unspecified atom stereocenters. The second kappa shape index (κ2) is 12.1. The van der Waals surface area contributed by atoms with E-state index in [0.29, 0.717) is 25.2 Å². The molecule has 1 aliphatic heterocycles. The Bertz CT molecular complexity index is 964. The van der Waals surface area contributed by atoms with Gasteiger partial charge in [0.1, 0.15) is 17.5 Å². The van der Waals surface area contributed by atoms with E-state index in [1.54, 1.807) is 0 Å². The predicted molar refractivity (Wildman–Crippen MR) is 134 cm³/mol. The average Bonchev–Trinajstić information content (AvgIpc) is 2.87. The standard InChI is InChI=1S/C27H33N3O3S/c31-23(17-16-19-10-4-1-5-11-19)28-22(18-20-12-6-2-7-13-20)25(32)29-24-26(33)30-27(24)34-21-14-8-3-9-15-21/h1,3-5,8-11,14-15,20,22,24,27H,2,6-7,12-13,16-18H2,(H,28,31)(H,29,32)(H,30,33)/t22-,24-,27+/m0/s1. The van der Waals surface area contributed by atoms with Gasteiger partial charge in [0.15, 0.2) is 0 Å². The third kappa shape index (κ3) is 6.86. The monoisotopic (exact) mass is 479 g/mol. The third-order valence-electron chi connectivity index (χ3n) is 6.60. The highest BCUT2D eigenvalue weighted by molar-refractivity contribution is 8.00. The quantitative estimate of drug-likeness (QED) is 0.452. The van der Waals surface area contributed by atoms with Crippen molar-refractivity contribution < 1.29 is 14.4 Å². The van der Waals surface area contributed by atoms with Crippen LogP contribution in [0.3, 0.4) is 0 Å². The summed E-state index contributed by atoms with van der Waals surface area (Å²) in [6, 6.07) is 18.4. The van der Waals surface area contributed by atoms with Crippen molar-refractivity contribution in [2.75, 3.05) is 0 Å². The Kier molecular flexibility index (Phi) is 8.63. The van der Waals surface area contributed by atoms with E-state index < -0.39 is 12.1 Å². The molecule has 1 aliphatic carbocycles. The van der Waals surface area contributed by atoms with Gasteiger partial charge < -0.3 is 16.0 Å². The molecule has 0 radical (unpaired) electrons. The molecule has 3 atom stereocenters. The van der Waals surface area contributed by atoms with Crippen LogP contribution in [0.25, 0.3) is 0 Å². The lowest BCUT2D eigenvalue weighted by Gasteiger charge is -2.37. The number of carbonyl (C=O) groups excluding carboxylic acids is 3. The Hall–Kier alpha value is -2.80. The highest BCUT2D eigenvalue weighted by Gasteiger charge is 2.42. The van der Waals surface area contributed by atoms with E-state index in [2.05, 4.69) is 16.0 Å². The van der Waals surface area contributed by atoms with Gasteiger partial charge in [-0.1, -0.05) is 92.4 Å². The number of amides is 3. The van der Waals surface area contributed by atoms with Crippen molar-refractivity contribution in [3.63, 3.8) is 0 Å². The van der Waals surface area contributed by atoms with Gasteiger partial charge in [0.2, 0.25) is 17.7 Å². The second-order valence-corrected chi connectivity index (χ2v) is 10.4. The van der Waals surface area contributed by atoms with Crippen LogP contribution in [0.2, 0.25) is 0 Å². The molecule has 2 fully saturated rings. The minimum absolute atomic E-state index is 0.131. The second-order valence-electron chi connectivity index (χ2n) is 9.19. The molecule has 180 valence electrons. The Morgan fingerprint density at radius 1 is 0.971 bits per heavy atom. The molecule has 3 N–H and O–H groups in total. The summed E-state index contributed by atoms with van der Waals surface area (Å²) < 4.78 is 0. The number of nitrogens with one attached hydrogen (secondary N) is 3. The summed E-state index contributed by atoms with van der Waals surface area (Å²) in [7, 11) is 0. The molecule has 2 aliphatic rings. The lowest BCUT2D eigenvalue weighted by molar-refractivity contribution is -0.136. The maximum atomic E-state index is 13.3. The summed E-state index contributed by atoms with van der Waals surface area (Å²) in [4.78, 5) is 39.3. The van der Waals surface area contributed by atoms with Crippen LogP contribution in [0.15, 0.2) is 65.6 Å². The zero-order chi connectivity index (χ0) is 23.8. The Morgan fingerprint density at radius 3 is 2.32 bits per heavy atom. The van der Waals surface area contributed by atoms with Crippen molar-refractivity contribution in [1.82, 2.24) is 16.0 Å². The fraction of sp³-hybridized carbons (Fsp3) is 0.444. The van der Waals surface area contributed by atoms with Crippen LogP contribution >= 0.6 is 11.8 Å². The van der Waals surface area contributed by atoms with Crippen LogP contribution in [0.4, 0.5) is 0 Å². The van der Waals surface area contributed by atoms with Gasteiger partial charge in [0.25, 0.3) is 0 Å². The third-order valence-corrected chi connectivity index (χ3v) is 7.79. The van der Waals surface area contributed by atoms with E-state index in [4.69, 9.17) is 0 Å². The topological polar surface area (TPSA) is 87.3 Å². The predicted octanol–water partition coefficient (Wildman–Crippen LogP) is 3.81. The van der Waals surface area contributed by atoms with Gasteiger partial charge in [0.05, 0.1) is 0 Å². The fourth-order valence-corrected chi connectivity index (χ4v) is 5.76. The summed E-state index contributed by atoms with van der Waals surface area (Å²) in [6.45, 7) is 0. The summed E-state index contributed by atoms with van der Waals surface area (Å²) >= 11 is 1.52. The summed E-state index contributed by atoms with van der Waals surface area (Å²) in [5.74, 6) is -0.164. The number of hydrogen-bond donors (Lipinski definition) is 3. The van der Waals surface area contributed by atoms with Gasteiger partial charge in [0, 0.05) is 11.3 Å². The molecule has 1 saturated heterocycles. The molecule has 0 bridgehead atoms. The van der Waals surface area contributed by atoms with Gasteiger partial charge in [-0.15, -0.1) is 0 Å². The number of aryl methyl sites for hydroxylation is 1. The minimum atomic E-state index is -0.623. The highest BCUT2D eigenvalue weighted by atomic mass is 32.2. The number of thioether (sulfide) groups is 1. The van der Waals surface area contributed by atoms with Crippen molar-refractivity contribution in [1.29, 1.82) is 0 Å². The van der Waals surface area contributed by atoms with Crippen molar-refractivity contribution in [2.24, 2.45) is 5.92 Å². The van der Waals surface area contributed by atoms with E-state index in [1.807, 2.05) is 60.7 Å². The van der Waals surface area contributed by atoms with Crippen molar-refractivity contribution in [3.05, 3.63) is 66.2 Å². The molecule has 2 aromatic carbocycles. The van der Waals surface area contributed by atoms with Gasteiger partial charge >= 0.3 is 0 Å². The maximum Gasteiger partial charge on any atom is 0.246 e. The highest BCUT2D eigenvalue weighted by Crippen LogP contribution is 2.29. The van der Waals surface area contributed by atoms with Gasteiger partial charge in [-0.25, -0.2) is 0 Å². The lowest BCUT2D eigenvalue weighted by Crippen LogP contribution is -2.69. The van der Waals surface area contributed by atoms with Gasteiger partial charge in [-0.05, 0) is 36.5 Å². The number of β-lactam (4-membered cyclic amide) rings is 1. The van der Waals surface area contributed by atoms with Crippen LogP contribution in [0, 0.1) is 5.92 Å². The van der Waals surface area contributed by atoms with Crippen LogP contribution in [-0.2, 0) is 20.8 Å². The van der Waals surface area contributed by atoms with Gasteiger partial charge in [-0.2, -0.15) is 0 Å². The Labute approximate surface area is 205 Å². The molecule has 2 aromatic rings. The van der Waals surface area contributed by atoms with Gasteiger partial charge in [-0.3, -0.25) is 14.4 Å². The largest absolute Gasteiger partial charge is 0.344 e. The van der Waals surface area contributed by atoms with E-state index in [9.17, 15) is 14.4 Å². The minimum Gasteiger partial charge on any atom is -0.344 e. The summed E-state index contributed by atoms with van der Waals surface area (Å²) in [6.07, 6.45) is 7.31. The van der Waals surface area contributed by atoms with Crippen LogP contribution in [-0.4, -0.2) is 35.2 Å². The van der Waals surface area contributed by atoms with Crippen LogP contribution < -0.4 is 16.0 Å². The average molecular weight is 480 g/mol. The zero-order valence-corrected chi connectivity index (χ0v) is 20.2. The zero-order valence-electron chi connectivity index (χ0n) is 19.4. The molecule has 6 nitrogen and oxygen atoms in total. The Morgan fingerprint density at radius 2 is 1.65 bits per heavy atom. The summed E-state index contributed by atoms with van der Waals surface area (Å²) in [5.41, 5.74) is 1.10.